The molecule has 1 aliphatic heterocycles. The van der Waals surface area contributed by atoms with Crippen LogP contribution in [0.15, 0.2) is 24.3 Å². The zero-order valence-corrected chi connectivity index (χ0v) is 14.7. The van der Waals surface area contributed by atoms with Crippen LogP contribution in [0.1, 0.15) is 39.0 Å². The molecule has 2 rings (SSSR count). The molecule has 0 saturated carbocycles. The summed E-state index contributed by atoms with van der Waals surface area (Å²) in [7, 11) is 1.71. The number of β-amino-alcohol motifs (C(OH)–C–C–N with tert-alkyl or cyclic N) is 1. The number of hydrogen-bond donors (Lipinski definition) is 1. The maximum atomic E-state index is 10.2. The van der Waals surface area contributed by atoms with Crippen LogP contribution in [-0.4, -0.2) is 55.9 Å². The SMILES string of the molecule is CCCCCCC(O)CN1CCN(c2cccc(OC)c2)CC1. The molecule has 1 N–H and O–H groups in total. The molecule has 23 heavy (non-hydrogen) atoms. The van der Waals surface area contributed by atoms with Crippen molar-refractivity contribution < 1.29 is 9.84 Å². The number of hydrogen-bond acceptors (Lipinski definition) is 4. The van der Waals surface area contributed by atoms with E-state index in [2.05, 4.69) is 28.9 Å². The normalized spacial score (nSPS) is 17.3. The Morgan fingerprint density at radius 2 is 1.91 bits per heavy atom. The average Bonchev–Trinajstić information content (AvgIpc) is 2.59. The fourth-order valence-corrected chi connectivity index (χ4v) is 3.19. The monoisotopic (exact) mass is 320 g/mol. The number of anilines is 1. The Kier molecular flexibility index (Phi) is 7.69. The first-order chi connectivity index (χ1) is 11.2. The van der Waals surface area contributed by atoms with E-state index in [0.717, 1.165) is 51.3 Å². The molecule has 130 valence electrons. The van der Waals surface area contributed by atoms with Crippen LogP contribution in [0, 0.1) is 0 Å². The van der Waals surface area contributed by atoms with Crippen molar-refractivity contribution in [3.05, 3.63) is 24.3 Å². The maximum absolute atomic E-state index is 10.2. The van der Waals surface area contributed by atoms with Gasteiger partial charge < -0.3 is 14.7 Å². The van der Waals surface area contributed by atoms with Gasteiger partial charge in [-0.05, 0) is 18.6 Å². The zero-order chi connectivity index (χ0) is 16.5. The number of piperazine rings is 1. The third-order valence-corrected chi connectivity index (χ3v) is 4.65. The van der Waals surface area contributed by atoms with Crippen LogP contribution in [0.5, 0.6) is 5.75 Å². The van der Waals surface area contributed by atoms with Gasteiger partial charge in [0.1, 0.15) is 5.75 Å². The molecule has 4 nitrogen and oxygen atoms in total. The summed E-state index contributed by atoms with van der Waals surface area (Å²) in [5.41, 5.74) is 1.23. The van der Waals surface area contributed by atoms with Crippen molar-refractivity contribution in [3.63, 3.8) is 0 Å². The lowest BCUT2D eigenvalue weighted by atomic mass is 10.1. The highest BCUT2D eigenvalue weighted by Gasteiger charge is 2.19. The molecule has 1 unspecified atom stereocenters. The van der Waals surface area contributed by atoms with Crippen molar-refractivity contribution >= 4 is 5.69 Å². The Hall–Kier alpha value is -1.26. The average molecular weight is 320 g/mol. The van der Waals surface area contributed by atoms with Crippen LogP contribution in [0.2, 0.25) is 0 Å². The molecule has 0 aliphatic carbocycles. The molecular weight excluding hydrogens is 288 g/mol. The van der Waals surface area contributed by atoms with Crippen molar-refractivity contribution in [2.45, 2.75) is 45.1 Å². The number of benzene rings is 1. The van der Waals surface area contributed by atoms with Crippen molar-refractivity contribution in [2.75, 3.05) is 44.7 Å². The lowest BCUT2D eigenvalue weighted by Gasteiger charge is -2.37. The fraction of sp³-hybridized carbons (Fsp3) is 0.684. The summed E-state index contributed by atoms with van der Waals surface area (Å²) in [4.78, 5) is 4.79. The van der Waals surface area contributed by atoms with Gasteiger partial charge in [0, 0.05) is 44.5 Å². The highest BCUT2D eigenvalue weighted by molar-refractivity contribution is 5.51. The van der Waals surface area contributed by atoms with Crippen molar-refractivity contribution in [1.82, 2.24) is 4.90 Å². The first-order valence-corrected chi connectivity index (χ1v) is 9.02. The number of nitrogens with zero attached hydrogens (tertiary/aromatic N) is 2. The molecule has 0 spiro atoms. The molecule has 1 saturated heterocycles. The van der Waals surface area contributed by atoms with Gasteiger partial charge in [-0.15, -0.1) is 0 Å². The van der Waals surface area contributed by atoms with E-state index >= 15 is 0 Å². The van der Waals surface area contributed by atoms with E-state index in [9.17, 15) is 5.11 Å². The summed E-state index contributed by atoms with van der Waals surface area (Å²) < 4.78 is 5.30. The van der Waals surface area contributed by atoms with Crippen LogP contribution in [0.3, 0.4) is 0 Å². The summed E-state index contributed by atoms with van der Waals surface area (Å²) in [6.45, 7) is 7.09. The minimum absolute atomic E-state index is 0.171. The number of aliphatic hydroxyl groups is 1. The molecule has 1 heterocycles. The fourth-order valence-electron chi connectivity index (χ4n) is 3.19. The van der Waals surface area contributed by atoms with Crippen molar-refractivity contribution in [1.29, 1.82) is 0 Å². The highest BCUT2D eigenvalue weighted by atomic mass is 16.5. The quantitative estimate of drug-likeness (QED) is 0.709. The Balaban J connectivity index is 1.71. The van der Waals surface area contributed by atoms with Gasteiger partial charge >= 0.3 is 0 Å². The second kappa shape index (κ2) is 9.78. The van der Waals surface area contributed by atoms with E-state index < -0.39 is 0 Å². The molecule has 1 aromatic rings. The number of unbranched alkanes of at least 4 members (excludes halogenated alkanes) is 3. The smallest absolute Gasteiger partial charge is 0.120 e. The number of rotatable bonds is 9. The predicted molar refractivity (Wildman–Crippen MR) is 96.4 cm³/mol. The van der Waals surface area contributed by atoms with Gasteiger partial charge in [0.25, 0.3) is 0 Å². The molecule has 0 radical (unpaired) electrons. The molecule has 1 atom stereocenters. The summed E-state index contributed by atoms with van der Waals surface area (Å²) >= 11 is 0. The molecule has 1 aromatic carbocycles. The Morgan fingerprint density at radius 1 is 1.13 bits per heavy atom. The minimum Gasteiger partial charge on any atom is -0.497 e. The molecule has 0 aromatic heterocycles. The number of methoxy groups -OCH3 is 1. The Bertz CT molecular complexity index is 445. The standard InChI is InChI=1S/C19H32N2O2/c1-3-4-5-6-9-18(22)16-20-11-13-21(14-12-20)17-8-7-10-19(15-17)23-2/h7-8,10,15,18,22H,3-6,9,11-14,16H2,1-2H3. The van der Waals surface area contributed by atoms with E-state index in [4.69, 9.17) is 4.74 Å². The van der Waals surface area contributed by atoms with E-state index in [-0.39, 0.29) is 6.10 Å². The molecule has 4 heteroatoms. The number of ether oxygens (including phenoxy) is 1. The Labute approximate surface area is 141 Å². The minimum atomic E-state index is -0.171. The van der Waals surface area contributed by atoms with Gasteiger partial charge in [-0.25, -0.2) is 0 Å². The predicted octanol–water partition coefficient (Wildman–Crippen LogP) is 3.15. The first-order valence-electron chi connectivity index (χ1n) is 9.02. The topological polar surface area (TPSA) is 35.9 Å². The second-order valence-corrected chi connectivity index (χ2v) is 6.49. The summed E-state index contributed by atoms with van der Waals surface area (Å²) in [5, 5.41) is 10.2. The van der Waals surface area contributed by atoms with Crippen LogP contribution in [0.25, 0.3) is 0 Å². The highest BCUT2D eigenvalue weighted by Crippen LogP contribution is 2.22. The van der Waals surface area contributed by atoms with E-state index in [0.29, 0.717) is 0 Å². The van der Waals surface area contributed by atoms with Crippen LogP contribution in [-0.2, 0) is 0 Å². The van der Waals surface area contributed by atoms with Crippen LogP contribution >= 0.6 is 0 Å². The lowest BCUT2D eigenvalue weighted by Crippen LogP contribution is -2.48. The summed E-state index contributed by atoms with van der Waals surface area (Å²) in [5.74, 6) is 0.910. The van der Waals surface area contributed by atoms with E-state index in [1.807, 2.05) is 12.1 Å². The summed E-state index contributed by atoms with van der Waals surface area (Å²) in [6, 6.07) is 8.26. The van der Waals surface area contributed by atoms with Gasteiger partial charge in [-0.3, -0.25) is 4.90 Å². The molecule has 1 aliphatic rings. The van der Waals surface area contributed by atoms with Gasteiger partial charge in [0.2, 0.25) is 0 Å². The van der Waals surface area contributed by atoms with Gasteiger partial charge in [-0.1, -0.05) is 38.7 Å². The third kappa shape index (κ3) is 6.04. The van der Waals surface area contributed by atoms with E-state index in [1.54, 1.807) is 7.11 Å². The van der Waals surface area contributed by atoms with Gasteiger partial charge in [0.05, 0.1) is 13.2 Å². The first kappa shape index (κ1) is 18.1. The summed E-state index contributed by atoms with van der Waals surface area (Å²) in [6.07, 6.45) is 5.70. The zero-order valence-electron chi connectivity index (χ0n) is 14.7. The molecule has 0 bridgehead atoms. The molecule has 1 fully saturated rings. The molecule has 0 amide bonds. The maximum Gasteiger partial charge on any atom is 0.120 e. The lowest BCUT2D eigenvalue weighted by molar-refractivity contribution is 0.0997. The van der Waals surface area contributed by atoms with E-state index in [1.165, 1.54) is 24.9 Å². The largest absolute Gasteiger partial charge is 0.497 e. The van der Waals surface area contributed by atoms with Crippen molar-refractivity contribution in [2.24, 2.45) is 0 Å². The Morgan fingerprint density at radius 3 is 2.61 bits per heavy atom. The molecular formula is C19H32N2O2. The number of aliphatic hydroxyl groups excluding tert-OH is 1. The van der Waals surface area contributed by atoms with Crippen LogP contribution in [0.4, 0.5) is 5.69 Å². The van der Waals surface area contributed by atoms with Crippen molar-refractivity contribution in [3.8, 4) is 5.75 Å². The van der Waals surface area contributed by atoms with Crippen LogP contribution < -0.4 is 9.64 Å². The second-order valence-electron chi connectivity index (χ2n) is 6.49. The van der Waals surface area contributed by atoms with Gasteiger partial charge in [-0.2, -0.15) is 0 Å². The third-order valence-electron chi connectivity index (χ3n) is 4.65. The van der Waals surface area contributed by atoms with Gasteiger partial charge in [0.15, 0.2) is 0 Å².